The number of amides is 1. The Morgan fingerprint density at radius 1 is 1.10 bits per heavy atom. The van der Waals surface area contributed by atoms with E-state index in [9.17, 15) is 4.79 Å². The van der Waals surface area contributed by atoms with E-state index in [4.69, 9.17) is 18.0 Å². The molecule has 0 bridgehead atoms. The van der Waals surface area contributed by atoms with Crippen molar-refractivity contribution in [2.75, 3.05) is 5.32 Å². The summed E-state index contributed by atoms with van der Waals surface area (Å²) >= 11 is 4.95. The fourth-order valence-corrected chi connectivity index (χ4v) is 2.02. The van der Waals surface area contributed by atoms with Crippen LogP contribution in [0.5, 0.6) is 0 Å². The lowest BCUT2D eigenvalue weighted by atomic mass is 10.1. The highest BCUT2D eigenvalue weighted by molar-refractivity contribution is 7.80. The minimum absolute atomic E-state index is 0.142. The largest absolute Gasteiger partial charge is 0.389 e. The molecule has 0 heterocycles. The normalized spacial score (nSPS) is 10.1. The summed E-state index contributed by atoms with van der Waals surface area (Å²) in [5.74, 6) is -0.142. The number of aryl methyl sites for hydroxylation is 2. The Bertz CT molecular complexity index is 680. The van der Waals surface area contributed by atoms with Crippen LogP contribution in [0.15, 0.2) is 42.5 Å². The summed E-state index contributed by atoms with van der Waals surface area (Å²) in [7, 11) is 0. The Morgan fingerprint density at radius 2 is 1.85 bits per heavy atom. The number of carbonyl (C=O) groups is 1. The molecule has 0 spiro atoms. The number of nitrogens with two attached hydrogens (primary N) is 1. The summed E-state index contributed by atoms with van der Waals surface area (Å²) in [5.41, 5.74) is 9.72. The smallest absolute Gasteiger partial charge is 0.255 e. The lowest BCUT2D eigenvalue weighted by molar-refractivity contribution is 0.102. The molecule has 4 heteroatoms. The zero-order valence-electron chi connectivity index (χ0n) is 11.4. The van der Waals surface area contributed by atoms with Crippen molar-refractivity contribution in [2.24, 2.45) is 5.73 Å². The Balaban J connectivity index is 2.27. The van der Waals surface area contributed by atoms with Crippen molar-refractivity contribution in [3.8, 4) is 0 Å². The molecule has 0 aliphatic heterocycles. The molecule has 0 unspecified atom stereocenters. The first-order chi connectivity index (χ1) is 9.47. The molecular formula is C16H16N2OS. The van der Waals surface area contributed by atoms with Gasteiger partial charge >= 0.3 is 0 Å². The molecule has 20 heavy (non-hydrogen) atoms. The number of hydrogen-bond acceptors (Lipinski definition) is 2. The monoisotopic (exact) mass is 284 g/mol. The molecule has 0 atom stereocenters. The SMILES string of the molecule is Cc1cccc(C(=O)Nc2cc(C(N)=S)ccc2C)c1. The van der Waals surface area contributed by atoms with Gasteiger partial charge in [-0.05, 0) is 37.6 Å². The maximum Gasteiger partial charge on any atom is 0.255 e. The van der Waals surface area contributed by atoms with Crippen molar-refractivity contribution < 1.29 is 4.79 Å². The first-order valence-electron chi connectivity index (χ1n) is 6.26. The standard InChI is InChI=1S/C16H16N2OS/c1-10-4-3-5-13(8-10)16(19)18-14-9-12(15(17)20)7-6-11(14)2/h3-9H,1-2H3,(H2,17,20)(H,18,19). The molecule has 1 amide bonds. The van der Waals surface area contributed by atoms with E-state index in [1.54, 1.807) is 12.1 Å². The molecule has 0 aliphatic rings. The average molecular weight is 284 g/mol. The average Bonchev–Trinajstić information content (AvgIpc) is 2.41. The molecule has 2 aromatic rings. The van der Waals surface area contributed by atoms with Crippen LogP contribution in [0.25, 0.3) is 0 Å². The van der Waals surface area contributed by atoms with E-state index >= 15 is 0 Å². The maximum atomic E-state index is 12.2. The minimum Gasteiger partial charge on any atom is -0.389 e. The Kier molecular flexibility index (Phi) is 4.15. The molecule has 102 valence electrons. The molecule has 2 aromatic carbocycles. The first kappa shape index (κ1) is 14.2. The molecule has 0 saturated carbocycles. The van der Waals surface area contributed by atoms with Crippen molar-refractivity contribution in [1.82, 2.24) is 0 Å². The van der Waals surface area contributed by atoms with E-state index in [0.717, 1.165) is 22.4 Å². The van der Waals surface area contributed by atoms with Gasteiger partial charge in [-0.2, -0.15) is 0 Å². The van der Waals surface area contributed by atoms with Gasteiger partial charge < -0.3 is 11.1 Å². The molecule has 0 aliphatic carbocycles. The second kappa shape index (κ2) is 5.84. The van der Waals surface area contributed by atoms with Crippen LogP contribution in [0.2, 0.25) is 0 Å². The third-order valence-corrected chi connectivity index (χ3v) is 3.29. The number of thiocarbonyl (C=S) groups is 1. The Hall–Kier alpha value is -2.20. The van der Waals surface area contributed by atoms with Gasteiger partial charge in [-0.15, -0.1) is 0 Å². The topological polar surface area (TPSA) is 55.1 Å². The quantitative estimate of drug-likeness (QED) is 0.851. The molecule has 0 saturated heterocycles. The van der Waals surface area contributed by atoms with E-state index in [2.05, 4.69) is 5.32 Å². The van der Waals surface area contributed by atoms with Crippen molar-refractivity contribution in [3.63, 3.8) is 0 Å². The van der Waals surface area contributed by atoms with Crippen molar-refractivity contribution in [3.05, 3.63) is 64.7 Å². The van der Waals surface area contributed by atoms with Gasteiger partial charge in [-0.3, -0.25) is 4.79 Å². The van der Waals surface area contributed by atoms with Crippen molar-refractivity contribution >= 4 is 28.8 Å². The van der Waals surface area contributed by atoms with Crippen LogP contribution in [-0.2, 0) is 0 Å². The number of benzene rings is 2. The predicted molar refractivity (Wildman–Crippen MR) is 86.2 cm³/mol. The fraction of sp³-hybridized carbons (Fsp3) is 0.125. The zero-order valence-corrected chi connectivity index (χ0v) is 12.3. The Morgan fingerprint density at radius 3 is 2.50 bits per heavy atom. The number of nitrogens with one attached hydrogen (secondary N) is 1. The van der Waals surface area contributed by atoms with Gasteiger partial charge in [0.25, 0.3) is 5.91 Å². The van der Waals surface area contributed by atoms with E-state index in [-0.39, 0.29) is 5.91 Å². The van der Waals surface area contributed by atoms with Gasteiger partial charge in [-0.25, -0.2) is 0 Å². The van der Waals surface area contributed by atoms with Crippen LogP contribution in [0.4, 0.5) is 5.69 Å². The van der Waals surface area contributed by atoms with Crippen LogP contribution < -0.4 is 11.1 Å². The second-order valence-electron chi connectivity index (χ2n) is 4.72. The number of rotatable bonds is 3. The van der Waals surface area contributed by atoms with Crippen molar-refractivity contribution in [1.29, 1.82) is 0 Å². The zero-order chi connectivity index (χ0) is 14.7. The molecule has 0 aromatic heterocycles. The lowest BCUT2D eigenvalue weighted by Crippen LogP contribution is -2.15. The summed E-state index contributed by atoms with van der Waals surface area (Å²) in [6.45, 7) is 3.88. The van der Waals surface area contributed by atoms with Crippen LogP contribution >= 0.6 is 12.2 Å². The number of carbonyl (C=O) groups excluding carboxylic acids is 1. The summed E-state index contributed by atoms with van der Waals surface area (Å²) in [4.78, 5) is 12.5. The van der Waals surface area contributed by atoms with Gasteiger partial charge in [0.2, 0.25) is 0 Å². The molecule has 3 N–H and O–H groups in total. The van der Waals surface area contributed by atoms with E-state index in [0.29, 0.717) is 10.6 Å². The van der Waals surface area contributed by atoms with Gasteiger partial charge in [0.05, 0.1) is 0 Å². The van der Waals surface area contributed by atoms with Gasteiger partial charge in [0.15, 0.2) is 0 Å². The minimum atomic E-state index is -0.142. The number of anilines is 1. The summed E-state index contributed by atoms with van der Waals surface area (Å²) in [6.07, 6.45) is 0. The molecule has 0 fully saturated rings. The summed E-state index contributed by atoms with van der Waals surface area (Å²) in [6, 6.07) is 13.0. The van der Waals surface area contributed by atoms with Crippen LogP contribution in [0.1, 0.15) is 27.0 Å². The van der Waals surface area contributed by atoms with Gasteiger partial charge in [0.1, 0.15) is 4.99 Å². The fourth-order valence-electron chi connectivity index (χ4n) is 1.89. The molecule has 2 rings (SSSR count). The number of hydrogen-bond donors (Lipinski definition) is 2. The third kappa shape index (κ3) is 3.22. The van der Waals surface area contributed by atoms with E-state index < -0.39 is 0 Å². The second-order valence-corrected chi connectivity index (χ2v) is 5.16. The summed E-state index contributed by atoms with van der Waals surface area (Å²) < 4.78 is 0. The van der Waals surface area contributed by atoms with Gasteiger partial charge in [0, 0.05) is 16.8 Å². The summed E-state index contributed by atoms with van der Waals surface area (Å²) in [5, 5.41) is 2.89. The van der Waals surface area contributed by atoms with Crippen LogP contribution in [0, 0.1) is 13.8 Å². The highest BCUT2D eigenvalue weighted by atomic mass is 32.1. The first-order valence-corrected chi connectivity index (χ1v) is 6.66. The molecule has 3 nitrogen and oxygen atoms in total. The predicted octanol–water partition coefficient (Wildman–Crippen LogP) is 3.19. The van der Waals surface area contributed by atoms with E-state index in [1.807, 2.05) is 44.2 Å². The highest BCUT2D eigenvalue weighted by Crippen LogP contribution is 2.18. The van der Waals surface area contributed by atoms with Crippen LogP contribution in [-0.4, -0.2) is 10.9 Å². The third-order valence-electron chi connectivity index (χ3n) is 3.05. The maximum absolute atomic E-state index is 12.2. The van der Waals surface area contributed by atoms with Gasteiger partial charge in [-0.1, -0.05) is 42.0 Å². The highest BCUT2D eigenvalue weighted by Gasteiger charge is 2.09. The lowest BCUT2D eigenvalue weighted by Gasteiger charge is -2.10. The molecule has 0 radical (unpaired) electrons. The molecular weight excluding hydrogens is 268 g/mol. The van der Waals surface area contributed by atoms with E-state index in [1.165, 1.54) is 0 Å². The Labute approximate surface area is 123 Å². The van der Waals surface area contributed by atoms with Crippen molar-refractivity contribution in [2.45, 2.75) is 13.8 Å². The van der Waals surface area contributed by atoms with Crippen LogP contribution in [0.3, 0.4) is 0 Å².